The Morgan fingerprint density at radius 1 is 1.15 bits per heavy atom. The molecule has 1 fully saturated rings. The fourth-order valence-corrected chi connectivity index (χ4v) is 2.79. The van der Waals surface area contributed by atoms with Gasteiger partial charge in [-0.05, 0) is 52.5 Å². The van der Waals surface area contributed by atoms with Crippen molar-refractivity contribution >= 4 is 27.4 Å². The second-order valence-electron chi connectivity index (χ2n) is 4.96. The number of hydrogen-bond acceptors (Lipinski definition) is 4. The van der Waals surface area contributed by atoms with Crippen LogP contribution in [0.1, 0.15) is 18.4 Å². The van der Waals surface area contributed by atoms with Crippen LogP contribution in [0.15, 0.2) is 41.3 Å². The minimum atomic E-state index is 0.747. The lowest BCUT2D eigenvalue weighted by molar-refractivity contribution is 0.937. The zero-order chi connectivity index (χ0) is 13.8. The molecule has 1 aliphatic rings. The molecule has 0 radical (unpaired) electrons. The van der Waals surface area contributed by atoms with E-state index in [1.165, 1.54) is 12.8 Å². The standard InChI is InChI=1S/C15H17BrN4/c16-13-7-12(8-17-10-13)9-18-14-3-4-15(19-11-14)20-5-1-2-6-20/h3-4,7-8,10-11,18H,1-2,5-6,9H2. The van der Waals surface area contributed by atoms with E-state index in [4.69, 9.17) is 0 Å². The third-order valence-corrected chi connectivity index (χ3v) is 3.87. The molecule has 1 aliphatic heterocycles. The molecule has 1 N–H and O–H groups in total. The molecule has 0 bridgehead atoms. The maximum Gasteiger partial charge on any atom is 0.128 e. The molecule has 0 amide bonds. The number of rotatable bonds is 4. The van der Waals surface area contributed by atoms with Crippen molar-refractivity contribution in [2.45, 2.75) is 19.4 Å². The predicted molar refractivity (Wildman–Crippen MR) is 84.9 cm³/mol. The first-order valence-corrected chi connectivity index (χ1v) is 7.65. The molecule has 4 nitrogen and oxygen atoms in total. The molecule has 0 aliphatic carbocycles. The maximum absolute atomic E-state index is 4.53. The summed E-state index contributed by atoms with van der Waals surface area (Å²) in [6.07, 6.45) is 8.11. The molecule has 0 aromatic carbocycles. The van der Waals surface area contributed by atoms with Gasteiger partial charge in [-0.25, -0.2) is 4.98 Å². The van der Waals surface area contributed by atoms with Gasteiger partial charge in [-0.2, -0.15) is 0 Å². The van der Waals surface area contributed by atoms with Crippen LogP contribution in [0.5, 0.6) is 0 Å². The van der Waals surface area contributed by atoms with E-state index in [1.807, 2.05) is 12.4 Å². The number of nitrogens with zero attached hydrogens (tertiary/aromatic N) is 3. The van der Waals surface area contributed by atoms with Crippen molar-refractivity contribution in [3.05, 3.63) is 46.8 Å². The lowest BCUT2D eigenvalue weighted by Gasteiger charge is -2.16. The first-order chi connectivity index (χ1) is 9.81. The summed E-state index contributed by atoms with van der Waals surface area (Å²) < 4.78 is 0.999. The van der Waals surface area contributed by atoms with E-state index < -0.39 is 0 Å². The molecule has 3 heterocycles. The fraction of sp³-hybridized carbons (Fsp3) is 0.333. The van der Waals surface area contributed by atoms with Gasteiger partial charge in [0, 0.05) is 36.5 Å². The predicted octanol–water partition coefficient (Wildman–Crippen LogP) is 3.45. The van der Waals surface area contributed by atoms with E-state index in [9.17, 15) is 0 Å². The summed E-state index contributed by atoms with van der Waals surface area (Å²) in [6, 6.07) is 6.24. The lowest BCUT2D eigenvalue weighted by atomic mass is 10.3. The topological polar surface area (TPSA) is 41.1 Å². The Hall–Kier alpha value is -1.62. The smallest absolute Gasteiger partial charge is 0.128 e. The minimum Gasteiger partial charge on any atom is -0.380 e. The number of nitrogens with one attached hydrogen (secondary N) is 1. The van der Waals surface area contributed by atoms with Crippen molar-refractivity contribution < 1.29 is 0 Å². The Balaban J connectivity index is 1.60. The third kappa shape index (κ3) is 3.28. The van der Waals surface area contributed by atoms with Crippen molar-refractivity contribution in [2.24, 2.45) is 0 Å². The molecule has 2 aromatic heterocycles. The number of hydrogen-bond donors (Lipinski definition) is 1. The monoisotopic (exact) mass is 332 g/mol. The lowest BCUT2D eigenvalue weighted by Crippen LogP contribution is -2.18. The molecule has 104 valence electrons. The molecule has 5 heteroatoms. The van der Waals surface area contributed by atoms with Crippen LogP contribution < -0.4 is 10.2 Å². The highest BCUT2D eigenvalue weighted by Gasteiger charge is 2.12. The van der Waals surface area contributed by atoms with Crippen LogP contribution in [-0.4, -0.2) is 23.1 Å². The van der Waals surface area contributed by atoms with Gasteiger partial charge in [0.25, 0.3) is 0 Å². The van der Waals surface area contributed by atoms with Crippen LogP contribution in [0.25, 0.3) is 0 Å². The first-order valence-electron chi connectivity index (χ1n) is 6.85. The second-order valence-corrected chi connectivity index (χ2v) is 5.88. The van der Waals surface area contributed by atoms with Crippen LogP contribution in [0, 0.1) is 0 Å². The fourth-order valence-electron chi connectivity index (χ4n) is 2.38. The number of anilines is 2. The molecular weight excluding hydrogens is 316 g/mol. The summed E-state index contributed by atoms with van der Waals surface area (Å²) in [6.45, 7) is 3.00. The van der Waals surface area contributed by atoms with Gasteiger partial charge in [0.15, 0.2) is 0 Å². The van der Waals surface area contributed by atoms with E-state index in [0.29, 0.717) is 0 Å². The molecule has 0 spiro atoms. The van der Waals surface area contributed by atoms with Crippen LogP contribution in [0.3, 0.4) is 0 Å². The zero-order valence-electron chi connectivity index (χ0n) is 11.2. The van der Waals surface area contributed by atoms with Crippen molar-refractivity contribution in [1.82, 2.24) is 9.97 Å². The van der Waals surface area contributed by atoms with Gasteiger partial charge < -0.3 is 10.2 Å². The van der Waals surface area contributed by atoms with E-state index in [-0.39, 0.29) is 0 Å². The number of pyridine rings is 2. The minimum absolute atomic E-state index is 0.747. The Kier molecular flexibility index (Phi) is 4.16. The largest absolute Gasteiger partial charge is 0.380 e. The molecule has 3 rings (SSSR count). The van der Waals surface area contributed by atoms with Gasteiger partial charge >= 0.3 is 0 Å². The molecule has 0 atom stereocenters. The van der Waals surface area contributed by atoms with Crippen LogP contribution in [0.2, 0.25) is 0 Å². The average Bonchev–Trinajstić information content (AvgIpc) is 3.00. The van der Waals surface area contributed by atoms with Gasteiger partial charge in [-0.15, -0.1) is 0 Å². The molecular formula is C15H17BrN4. The van der Waals surface area contributed by atoms with Crippen molar-refractivity contribution in [1.29, 1.82) is 0 Å². The SMILES string of the molecule is Brc1cncc(CNc2ccc(N3CCCC3)nc2)c1. The molecule has 1 saturated heterocycles. The van der Waals surface area contributed by atoms with Crippen molar-refractivity contribution in [3.8, 4) is 0 Å². The summed E-state index contributed by atoms with van der Waals surface area (Å²) in [4.78, 5) is 11.0. The quantitative estimate of drug-likeness (QED) is 0.930. The van der Waals surface area contributed by atoms with Crippen LogP contribution in [-0.2, 0) is 6.54 Å². The Bertz CT molecular complexity index is 564. The average molecular weight is 333 g/mol. The normalized spacial score (nSPS) is 14.6. The highest BCUT2D eigenvalue weighted by molar-refractivity contribution is 9.10. The number of aromatic nitrogens is 2. The summed E-state index contributed by atoms with van der Waals surface area (Å²) in [5.41, 5.74) is 2.18. The molecule has 2 aromatic rings. The Morgan fingerprint density at radius 3 is 2.70 bits per heavy atom. The van der Waals surface area contributed by atoms with Gasteiger partial charge in [0.2, 0.25) is 0 Å². The Morgan fingerprint density at radius 2 is 2.00 bits per heavy atom. The highest BCUT2D eigenvalue weighted by Crippen LogP contribution is 2.19. The van der Waals surface area contributed by atoms with Gasteiger partial charge in [-0.1, -0.05) is 0 Å². The van der Waals surface area contributed by atoms with Gasteiger partial charge in [0.05, 0.1) is 11.9 Å². The molecule has 0 unspecified atom stereocenters. The van der Waals surface area contributed by atoms with E-state index in [0.717, 1.165) is 41.2 Å². The first kappa shape index (κ1) is 13.4. The van der Waals surface area contributed by atoms with Crippen LogP contribution in [0.4, 0.5) is 11.5 Å². The third-order valence-electron chi connectivity index (χ3n) is 3.44. The molecule has 0 saturated carbocycles. The van der Waals surface area contributed by atoms with E-state index >= 15 is 0 Å². The summed E-state index contributed by atoms with van der Waals surface area (Å²) in [7, 11) is 0. The summed E-state index contributed by atoms with van der Waals surface area (Å²) in [5.74, 6) is 1.08. The number of halogens is 1. The highest BCUT2D eigenvalue weighted by atomic mass is 79.9. The van der Waals surface area contributed by atoms with Crippen molar-refractivity contribution in [3.63, 3.8) is 0 Å². The van der Waals surface area contributed by atoms with E-state index in [1.54, 1.807) is 6.20 Å². The maximum atomic E-state index is 4.53. The van der Waals surface area contributed by atoms with Gasteiger partial charge in [-0.3, -0.25) is 4.98 Å². The zero-order valence-corrected chi connectivity index (χ0v) is 12.8. The van der Waals surface area contributed by atoms with Gasteiger partial charge in [0.1, 0.15) is 5.82 Å². The Labute approximate surface area is 127 Å². The van der Waals surface area contributed by atoms with Crippen molar-refractivity contribution in [2.75, 3.05) is 23.3 Å². The molecule has 20 heavy (non-hydrogen) atoms. The summed E-state index contributed by atoms with van der Waals surface area (Å²) in [5, 5.41) is 3.36. The summed E-state index contributed by atoms with van der Waals surface area (Å²) >= 11 is 3.43. The second kappa shape index (κ2) is 6.22. The van der Waals surface area contributed by atoms with Crippen LogP contribution >= 0.6 is 15.9 Å². The van der Waals surface area contributed by atoms with E-state index in [2.05, 4.69) is 54.3 Å².